The van der Waals surface area contributed by atoms with Gasteiger partial charge in [-0.1, -0.05) is 0 Å². The molecule has 3 heterocycles. The van der Waals surface area contributed by atoms with Crippen molar-refractivity contribution in [1.29, 1.82) is 0 Å². The molecule has 1 amide bonds. The van der Waals surface area contributed by atoms with Crippen molar-refractivity contribution in [3.8, 4) is 5.75 Å². The number of ketones is 2. The summed E-state index contributed by atoms with van der Waals surface area (Å²) in [6.45, 7) is 1.42. The van der Waals surface area contributed by atoms with E-state index in [1.807, 2.05) is 0 Å². The Balaban J connectivity index is 1.92. The first-order chi connectivity index (χ1) is 10.5. The number of hydrogen-bond donors (Lipinski definition) is 1. The Morgan fingerprint density at radius 3 is 2.86 bits per heavy atom. The smallest absolute Gasteiger partial charge is 0.282 e. The van der Waals surface area contributed by atoms with E-state index in [9.17, 15) is 14.4 Å². The van der Waals surface area contributed by atoms with Gasteiger partial charge in [-0.3, -0.25) is 14.4 Å². The van der Waals surface area contributed by atoms with Crippen molar-refractivity contribution >= 4 is 23.3 Å². The zero-order valence-electron chi connectivity index (χ0n) is 11.5. The Bertz CT molecular complexity index is 874. The minimum atomic E-state index is -1.73. The van der Waals surface area contributed by atoms with Crippen LogP contribution in [0.25, 0.3) is 0 Å². The van der Waals surface area contributed by atoms with E-state index >= 15 is 0 Å². The van der Waals surface area contributed by atoms with E-state index < -0.39 is 17.3 Å². The van der Waals surface area contributed by atoms with Gasteiger partial charge in [-0.2, -0.15) is 0 Å². The molecule has 2 aliphatic heterocycles. The van der Waals surface area contributed by atoms with E-state index in [-0.39, 0.29) is 11.3 Å². The minimum Gasteiger partial charge on any atom is -0.463 e. The average molecular weight is 294 g/mol. The predicted molar refractivity (Wildman–Crippen MR) is 75.9 cm³/mol. The normalized spacial score (nSPS) is 21.3. The number of Topliss-reactive ketones (excluding diaryl/α,β-unsaturated/α-hetero) is 2. The lowest BCUT2D eigenvalue weighted by molar-refractivity contribution is -0.126. The van der Waals surface area contributed by atoms with Gasteiger partial charge in [0.1, 0.15) is 11.6 Å². The van der Waals surface area contributed by atoms with Gasteiger partial charge in [0.2, 0.25) is 5.78 Å². The van der Waals surface area contributed by atoms with Crippen LogP contribution in [0.4, 0.5) is 5.82 Å². The first-order valence-corrected chi connectivity index (χ1v) is 6.70. The number of carbonyl (C=O) groups is 3. The Morgan fingerprint density at radius 2 is 2.09 bits per heavy atom. The van der Waals surface area contributed by atoms with Crippen molar-refractivity contribution < 1.29 is 19.1 Å². The number of anilines is 1. The maximum Gasteiger partial charge on any atom is 0.282 e. The van der Waals surface area contributed by atoms with Crippen LogP contribution in [-0.4, -0.2) is 22.5 Å². The van der Waals surface area contributed by atoms with E-state index in [0.717, 1.165) is 0 Å². The number of nitrogens with zero attached hydrogens (tertiary/aromatic N) is 1. The van der Waals surface area contributed by atoms with Gasteiger partial charge in [0.25, 0.3) is 11.5 Å². The van der Waals surface area contributed by atoms with Crippen molar-refractivity contribution in [2.24, 2.45) is 0 Å². The summed E-state index contributed by atoms with van der Waals surface area (Å²) in [7, 11) is 0. The number of fused-ring (bicyclic) bond motifs is 3. The summed E-state index contributed by atoms with van der Waals surface area (Å²) in [6.07, 6.45) is 1.53. The molecule has 1 atom stereocenters. The molecule has 4 rings (SSSR count). The van der Waals surface area contributed by atoms with Gasteiger partial charge in [0, 0.05) is 11.8 Å². The molecule has 0 radical (unpaired) electrons. The van der Waals surface area contributed by atoms with Crippen LogP contribution in [0, 0.1) is 0 Å². The van der Waals surface area contributed by atoms with E-state index in [0.29, 0.717) is 22.7 Å². The molecule has 1 spiro atoms. The molecule has 0 saturated carbocycles. The summed E-state index contributed by atoms with van der Waals surface area (Å²) < 4.78 is 5.73. The largest absolute Gasteiger partial charge is 0.463 e. The SMILES string of the molecule is CC(=O)c1ccc2c(c1)C(=O)C1(O2)C(=O)Nc2ncccc21. The highest BCUT2D eigenvalue weighted by Crippen LogP contribution is 2.47. The summed E-state index contributed by atoms with van der Waals surface area (Å²) >= 11 is 0. The lowest BCUT2D eigenvalue weighted by Crippen LogP contribution is -2.43. The summed E-state index contributed by atoms with van der Waals surface area (Å²) in [5.41, 5.74) is -0.705. The Morgan fingerprint density at radius 1 is 1.27 bits per heavy atom. The highest BCUT2D eigenvalue weighted by atomic mass is 16.5. The van der Waals surface area contributed by atoms with E-state index in [1.54, 1.807) is 24.3 Å². The molecule has 2 aliphatic rings. The second-order valence-electron chi connectivity index (χ2n) is 5.23. The highest BCUT2D eigenvalue weighted by Gasteiger charge is 2.60. The first-order valence-electron chi connectivity index (χ1n) is 6.70. The Kier molecular flexibility index (Phi) is 2.31. The minimum absolute atomic E-state index is 0.158. The molecule has 6 heteroatoms. The summed E-state index contributed by atoms with van der Waals surface area (Å²) in [5, 5.41) is 2.57. The zero-order chi connectivity index (χ0) is 15.5. The van der Waals surface area contributed by atoms with Crippen LogP contribution in [0.5, 0.6) is 5.75 Å². The van der Waals surface area contributed by atoms with Gasteiger partial charge < -0.3 is 10.1 Å². The molecule has 1 aromatic carbocycles. The van der Waals surface area contributed by atoms with Crippen molar-refractivity contribution in [2.45, 2.75) is 12.5 Å². The lowest BCUT2D eigenvalue weighted by atomic mass is 9.89. The molecule has 22 heavy (non-hydrogen) atoms. The van der Waals surface area contributed by atoms with Crippen molar-refractivity contribution in [3.63, 3.8) is 0 Å². The predicted octanol–water partition coefficient (Wildman–Crippen LogP) is 1.71. The third-order valence-corrected chi connectivity index (χ3v) is 3.95. The number of nitrogens with one attached hydrogen (secondary N) is 1. The molecule has 1 unspecified atom stereocenters. The molecule has 108 valence electrons. The van der Waals surface area contributed by atoms with E-state index in [4.69, 9.17) is 4.74 Å². The van der Waals surface area contributed by atoms with Gasteiger partial charge in [0.05, 0.1) is 11.1 Å². The van der Waals surface area contributed by atoms with Crippen molar-refractivity contribution in [1.82, 2.24) is 4.98 Å². The molecule has 6 nitrogen and oxygen atoms in total. The summed E-state index contributed by atoms with van der Waals surface area (Å²) in [6, 6.07) is 7.86. The number of hydrogen-bond acceptors (Lipinski definition) is 5. The van der Waals surface area contributed by atoms with Gasteiger partial charge in [0.15, 0.2) is 5.78 Å². The maximum absolute atomic E-state index is 12.8. The topological polar surface area (TPSA) is 85.4 Å². The number of aromatic nitrogens is 1. The maximum atomic E-state index is 12.8. The second kappa shape index (κ2) is 4.00. The number of benzene rings is 1. The molecule has 0 aliphatic carbocycles. The van der Waals surface area contributed by atoms with Crippen molar-refractivity contribution in [3.05, 3.63) is 53.2 Å². The number of ether oxygens (including phenoxy) is 1. The van der Waals surface area contributed by atoms with Crippen LogP contribution in [0.3, 0.4) is 0 Å². The monoisotopic (exact) mass is 294 g/mol. The molecule has 1 N–H and O–H groups in total. The third-order valence-electron chi connectivity index (χ3n) is 3.95. The molecule has 2 aromatic rings. The molecular formula is C16H10N2O4. The third kappa shape index (κ3) is 1.38. The second-order valence-corrected chi connectivity index (χ2v) is 5.23. The standard InChI is InChI=1S/C16H10N2O4/c1-8(19)9-4-5-12-10(7-9)13(20)16(22-12)11-3-2-6-17-14(11)18-15(16)21/h2-7H,1H3,(H,17,18,21). The van der Waals surface area contributed by atoms with E-state index in [2.05, 4.69) is 10.3 Å². The van der Waals surface area contributed by atoms with Crippen LogP contribution < -0.4 is 10.1 Å². The fourth-order valence-electron chi connectivity index (χ4n) is 2.85. The number of rotatable bonds is 1. The fourth-order valence-corrected chi connectivity index (χ4v) is 2.85. The van der Waals surface area contributed by atoms with Crippen molar-refractivity contribution in [2.75, 3.05) is 5.32 Å². The van der Waals surface area contributed by atoms with Crippen LogP contribution in [0.1, 0.15) is 33.2 Å². The zero-order valence-corrected chi connectivity index (χ0v) is 11.5. The van der Waals surface area contributed by atoms with Crippen LogP contribution >= 0.6 is 0 Å². The van der Waals surface area contributed by atoms with Gasteiger partial charge in [-0.05, 0) is 37.3 Å². The molecule has 1 aromatic heterocycles. The van der Waals surface area contributed by atoms with Gasteiger partial charge >= 0.3 is 0 Å². The molecular weight excluding hydrogens is 284 g/mol. The highest BCUT2D eigenvalue weighted by molar-refractivity contribution is 6.27. The molecule has 0 saturated heterocycles. The Hall–Kier alpha value is -3.02. The van der Waals surface area contributed by atoms with Gasteiger partial charge in [-0.15, -0.1) is 0 Å². The quantitative estimate of drug-likeness (QED) is 0.639. The molecule has 0 bridgehead atoms. The first kappa shape index (κ1) is 12.7. The number of amides is 1. The Labute approximate surface area is 125 Å². The summed E-state index contributed by atoms with van der Waals surface area (Å²) in [4.78, 5) is 40.8. The van der Waals surface area contributed by atoms with Gasteiger partial charge in [-0.25, -0.2) is 4.98 Å². The molecule has 0 fully saturated rings. The number of carbonyl (C=O) groups excluding carboxylic acids is 3. The average Bonchev–Trinajstić information content (AvgIpc) is 2.96. The lowest BCUT2D eigenvalue weighted by Gasteiger charge is -2.18. The number of pyridine rings is 1. The van der Waals surface area contributed by atoms with Crippen LogP contribution in [0.2, 0.25) is 0 Å². The summed E-state index contributed by atoms with van der Waals surface area (Å²) in [5.74, 6) is -0.585. The van der Waals surface area contributed by atoms with Crippen LogP contribution in [0.15, 0.2) is 36.5 Å². The van der Waals surface area contributed by atoms with E-state index in [1.165, 1.54) is 19.2 Å². The van der Waals surface area contributed by atoms with Crippen LogP contribution in [-0.2, 0) is 10.4 Å². The fraction of sp³-hybridized carbons (Fsp3) is 0.125.